The van der Waals surface area contributed by atoms with E-state index in [0.717, 1.165) is 42.0 Å². The van der Waals surface area contributed by atoms with Crippen molar-refractivity contribution in [3.63, 3.8) is 0 Å². The summed E-state index contributed by atoms with van der Waals surface area (Å²) in [5, 5.41) is 11.8. The maximum atomic E-state index is 13.0. The monoisotopic (exact) mass is 404 g/mol. The first-order chi connectivity index (χ1) is 14.6. The Morgan fingerprint density at radius 1 is 1.07 bits per heavy atom. The number of rotatable bonds is 5. The van der Waals surface area contributed by atoms with Crippen molar-refractivity contribution in [3.05, 3.63) is 77.6 Å². The standard InChI is InChI=1S/C24H25FN4O/c1-17-4-8-19(9-5-17)22-12-13-23(28-27-22)29-14-2-3-20(16-29)24(30)26-15-18-6-10-21(25)11-7-18/h4-13,20H,2-3,14-16H2,1H3,(H,26,30)/t20-/m0/s1. The van der Waals surface area contributed by atoms with Crippen molar-refractivity contribution in [3.8, 4) is 11.3 Å². The number of aromatic nitrogens is 2. The Hall–Kier alpha value is -3.28. The largest absolute Gasteiger partial charge is 0.354 e. The first-order valence-corrected chi connectivity index (χ1v) is 10.3. The molecule has 1 aliphatic heterocycles. The van der Waals surface area contributed by atoms with Crippen molar-refractivity contribution in [1.29, 1.82) is 0 Å². The van der Waals surface area contributed by atoms with Crippen LogP contribution in [-0.4, -0.2) is 29.2 Å². The predicted molar refractivity (Wildman–Crippen MR) is 115 cm³/mol. The molecule has 2 aromatic carbocycles. The van der Waals surface area contributed by atoms with E-state index in [1.54, 1.807) is 12.1 Å². The lowest BCUT2D eigenvalue weighted by atomic mass is 9.97. The van der Waals surface area contributed by atoms with Crippen LogP contribution in [0.1, 0.15) is 24.0 Å². The molecule has 0 aliphatic carbocycles. The molecule has 0 spiro atoms. The van der Waals surface area contributed by atoms with E-state index in [-0.39, 0.29) is 17.6 Å². The van der Waals surface area contributed by atoms with Gasteiger partial charge in [0, 0.05) is 25.2 Å². The molecule has 0 unspecified atom stereocenters. The molecule has 1 aliphatic rings. The van der Waals surface area contributed by atoms with Crippen LogP contribution in [0.2, 0.25) is 0 Å². The second-order valence-corrected chi connectivity index (χ2v) is 7.77. The molecular weight excluding hydrogens is 379 g/mol. The molecule has 0 saturated carbocycles. The van der Waals surface area contributed by atoms with E-state index >= 15 is 0 Å². The Morgan fingerprint density at radius 2 is 1.83 bits per heavy atom. The number of hydrogen-bond acceptors (Lipinski definition) is 4. The van der Waals surface area contributed by atoms with Gasteiger partial charge in [0.1, 0.15) is 5.82 Å². The van der Waals surface area contributed by atoms with E-state index in [4.69, 9.17) is 0 Å². The molecule has 0 bridgehead atoms. The molecule has 0 radical (unpaired) electrons. The normalized spacial score (nSPS) is 16.3. The molecule has 1 atom stereocenters. The highest BCUT2D eigenvalue weighted by atomic mass is 19.1. The van der Waals surface area contributed by atoms with Gasteiger partial charge in [0.05, 0.1) is 11.6 Å². The van der Waals surface area contributed by atoms with Gasteiger partial charge in [0.25, 0.3) is 0 Å². The first-order valence-electron chi connectivity index (χ1n) is 10.3. The van der Waals surface area contributed by atoms with Crippen molar-refractivity contribution in [2.24, 2.45) is 5.92 Å². The van der Waals surface area contributed by atoms with E-state index in [9.17, 15) is 9.18 Å². The van der Waals surface area contributed by atoms with Crippen LogP contribution in [0.15, 0.2) is 60.7 Å². The summed E-state index contributed by atoms with van der Waals surface area (Å²) in [6.07, 6.45) is 1.77. The summed E-state index contributed by atoms with van der Waals surface area (Å²) >= 11 is 0. The van der Waals surface area contributed by atoms with Crippen LogP contribution >= 0.6 is 0 Å². The lowest BCUT2D eigenvalue weighted by Gasteiger charge is -2.32. The van der Waals surface area contributed by atoms with Gasteiger partial charge in [-0.3, -0.25) is 4.79 Å². The highest BCUT2D eigenvalue weighted by Gasteiger charge is 2.26. The zero-order valence-electron chi connectivity index (χ0n) is 17.0. The third-order valence-corrected chi connectivity index (χ3v) is 5.49. The zero-order chi connectivity index (χ0) is 20.9. The van der Waals surface area contributed by atoms with Crippen LogP contribution in [0.5, 0.6) is 0 Å². The number of carbonyl (C=O) groups excluding carboxylic acids is 1. The number of nitrogens with zero attached hydrogens (tertiary/aromatic N) is 3. The fourth-order valence-corrected chi connectivity index (χ4v) is 3.71. The van der Waals surface area contributed by atoms with E-state index in [2.05, 4.69) is 39.5 Å². The summed E-state index contributed by atoms with van der Waals surface area (Å²) < 4.78 is 13.0. The summed E-state index contributed by atoms with van der Waals surface area (Å²) in [4.78, 5) is 14.8. The molecular formula is C24H25FN4O. The van der Waals surface area contributed by atoms with Gasteiger partial charge in [-0.15, -0.1) is 10.2 Å². The zero-order valence-corrected chi connectivity index (χ0v) is 17.0. The van der Waals surface area contributed by atoms with Gasteiger partial charge in [0.15, 0.2) is 5.82 Å². The molecule has 4 rings (SSSR count). The number of anilines is 1. The van der Waals surface area contributed by atoms with Gasteiger partial charge in [-0.25, -0.2) is 4.39 Å². The number of aryl methyl sites for hydroxylation is 1. The number of hydrogen-bond donors (Lipinski definition) is 1. The van der Waals surface area contributed by atoms with Crippen LogP contribution in [0.4, 0.5) is 10.2 Å². The second kappa shape index (κ2) is 9.03. The quantitative estimate of drug-likeness (QED) is 0.695. The van der Waals surface area contributed by atoms with E-state index < -0.39 is 0 Å². The predicted octanol–water partition coefficient (Wildman–Crippen LogP) is 4.12. The van der Waals surface area contributed by atoms with Gasteiger partial charge in [-0.05, 0) is 49.6 Å². The summed E-state index contributed by atoms with van der Waals surface area (Å²) in [5.41, 5.74) is 3.97. The van der Waals surface area contributed by atoms with Crippen molar-refractivity contribution in [1.82, 2.24) is 15.5 Å². The van der Waals surface area contributed by atoms with Crippen molar-refractivity contribution >= 4 is 11.7 Å². The average Bonchev–Trinajstić information content (AvgIpc) is 2.79. The van der Waals surface area contributed by atoms with Crippen LogP contribution in [0, 0.1) is 18.7 Å². The van der Waals surface area contributed by atoms with Crippen LogP contribution in [0.25, 0.3) is 11.3 Å². The SMILES string of the molecule is Cc1ccc(-c2ccc(N3CCC[C@H](C(=O)NCc4ccc(F)cc4)C3)nn2)cc1. The molecule has 1 saturated heterocycles. The van der Waals surface area contributed by atoms with Crippen molar-refractivity contribution in [2.75, 3.05) is 18.0 Å². The lowest BCUT2D eigenvalue weighted by Crippen LogP contribution is -2.43. The minimum Gasteiger partial charge on any atom is -0.354 e. The molecule has 1 N–H and O–H groups in total. The highest BCUT2D eigenvalue weighted by molar-refractivity contribution is 5.79. The number of halogens is 1. The molecule has 3 aromatic rings. The fourth-order valence-electron chi connectivity index (χ4n) is 3.71. The van der Waals surface area contributed by atoms with Gasteiger partial charge >= 0.3 is 0 Å². The average molecular weight is 404 g/mol. The summed E-state index contributed by atoms with van der Waals surface area (Å²) in [6, 6.07) is 18.3. The van der Waals surface area contributed by atoms with Crippen LogP contribution in [-0.2, 0) is 11.3 Å². The van der Waals surface area contributed by atoms with Gasteiger partial charge < -0.3 is 10.2 Å². The molecule has 2 heterocycles. The smallest absolute Gasteiger partial charge is 0.225 e. The Balaban J connectivity index is 1.36. The van der Waals surface area contributed by atoms with E-state index in [1.807, 2.05) is 24.3 Å². The lowest BCUT2D eigenvalue weighted by molar-refractivity contribution is -0.125. The maximum Gasteiger partial charge on any atom is 0.225 e. The molecule has 154 valence electrons. The van der Waals surface area contributed by atoms with E-state index in [1.165, 1.54) is 17.7 Å². The minimum absolute atomic E-state index is 0.0215. The Labute approximate surface area is 176 Å². The molecule has 30 heavy (non-hydrogen) atoms. The summed E-state index contributed by atoms with van der Waals surface area (Å²) in [6.45, 7) is 3.94. The number of benzene rings is 2. The molecule has 1 aromatic heterocycles. The van der Waals surface area contributed by atoms with Crippen molar-refractivity contribution < 1.29 is 9.18 Å². The van der Waals surface area contributed by atoms with Crippen LogP contribution < -0.4 is 10.2 Å². The van der Waals surface area contributed by atoms with Gasteiger partial charge in [-0.2, -0.15) is 0 Å². The summed E-state index contributed by atoms with van der Waals surface area (Å²) in [5.74, 6) is 0.440. The second-order valence-electron chi connectivity index (χ2n) is 7.77. The molecule has 5 nitrogen and oxygen atoms in total. The van der Waals surface area contributed by atoms with E-state index in [0.29, 0.717) is 13.1 Å². The Morgan fingerprint density at radius 3 is 2.53 bits per heavy atom. The number of piperidine rings is 1. The first kappa shape index (κ1) is 20.0. The van der Waals surface area contributed by atoms with Crippen molar-refractivity contribution in [2.45, 2.75) is 26.3 Å². The van der Waals surface area contributed by atoms with Crippen LogP contribution in [0.3, 0.4) is 0 Å². The molecule has 6 heteroatoms. The highest BCUT2D eigenvalue weighted by Crippen LogP contribution is 2.23. The minimum atomic E-state index is -0.275. The Kier molecular flexibility index (Phi) is 6.02. The number of carbonyl (C=O) groups is 1. The summed E-state index contributed by atoms with van der Waals surface area (Å²) in [7, 11) is 0. The third kappa shape index (κ3) is 4.82. The maximum absolute atomic E-state index is 13.0. The third-order valence-electron chi connectivity index (χ3n) is 5.49. The van der Waals surface area contributed by atoms with Gasteiger partial charge in [-0.1, -0.05) is 42.0 Å². The molecule has 1 amide bonds. The topological polar surface area (TPSA) is 58.1 Å². The number of nitrogens with one attached hydrogen (secondary N) is 1. The number of amides is 1. The van der Waals surface area contributed by atoms with Gasteiger partial charge in [0.2, 0.25) is 5.91 Å². The molecule has 1 fully saturated rings. The fraction of sp³-hybridized carbons (Fsp3) is 0.292. The Bertz CT molecular complexity index is 987.